The summed E-state index contributed by atoms with van der Waals surface area (Å²) in [7, 11) is 5.33. The fourth-order valence-corrected chi connectivity index (χ4v) is 8.25. The molecular formula is C28H33ClF3N5O3S. The van der Waals surface area contributed by atoms with Crippen LogP contribution >= 0.6 is 20.8 Å². The third kappa shape index (κ3) is 5.86. The topological polar surface area (TPSA) is 80.6 Å². The molecule has 0 N–H and O–H groups in total. The Labute approximate surface area is 243 Å². The Morgan fingerprint density at radius 2 is 1.80 bits per heavy atom. The van der Waals surface area contributed by atoms with Crippen molar-refractivity contribution in [2.24, 2.45) is 0 Å². The minimum Gasteiger partial charge on any atom is -0.444 e. The van der Waals surface area contributed by atoms with Gasteiger partial charge in [-0.25, -0.2) is 9.59 Å². The number of piperazine rings is 1. The van der Waals surface area contributed by atoms with Crippen molar-refractivity contribution in [3.05, 3.63) is 58.3 Å². The lowest BCUT2D eigenvalue weighted by Gasteiger charge is -2.45. The second-order valence-corrected chi connectivity index (χ2v) is 14.5. The van der Waals surface area contributed by atoms with E-state index in [-0.39, 0.29) is 48.8 Å². The summed E-state index contributed by atoms with van der Waals surface area (Å²) in [6, 6.07) is 5.11. The van der Waals surface area contributed by atoms with Crippen molar-refractivity contribution in [2.45, 2.75) is 75.8 Å². The number of hydrogen-bond donors (Lipinski definition) is 1. The molecule has 0 saturated carbocycles. The molecule has 0 spiro atoms. The van der Waals surface area contributed by atoms with Crippen LogP contribution in [0.15, 0.2) is 46.3 Å². The lowest BCUT2D eigenvalue weighted by Crippen LogP contribution is -2.59. The number of ether oxygens (including phenoxy) is 1. The number of hydrogen-bond acceptors (Lipinski definition) is 6. The van der Waals surface area contributed by atoms with Gasteiger partial charge in [0.05, 0.1) is 23.2 Å². The number of pyridine rings is 1. The number of thiol groups is 1. The van der Waals surface area contributed by atoms with Crippen LogP contribution in [-0.2, 0) is 17.5 Å². The molecular weight excluding hydrogens is 579 g/mol. The molecule has 8 nitrogen and oxygen atoms in total. The maximum absolute atomic E-state index is 14.2. The zero-order valence-electron chi connectivity index (χ0n) is 23.4. The predicted molar refractivity (Wildman–Crippen MR) is 155 cm³/mol. The normalized spacial score (nSPS) is 24.3. The summed E-state index contributed by atoms with van der Waals surface area (Å²) in [6.45, 7) is 9.78. The Hall–Kier alpha value is -2.99. The van der Waals surface area contributed by atoms with E-state index >= 15 is 0 Å². The van der Waals surface area contributed by atoms with Gasteiger partial charge in [-0.15, -0.1) is 10.1 Å². The number of amides is 1. The molecule has 2 aliphatic rings. The van der Waals surface area contributed by atoms with Crippen molar-refractivity contribution >= 4 is 43.6 Å². The summed E-state index contributed by atoms with van der Waals surface area (Å²) in [5.74, 6) is 0.328. The van der Waals surface area contributed by atoms with Crippen LogP contribution in [0.25, 0.3) is 10.9 Å². The van der Waals surface area contributed by atoms with Gasteiger partial charge in [0, 0.05) is 54.0 Å². The van der Waals surface area contributed by atoms with Gasteiger partial charge >= 0.3 is 18.0 Å². The molecule has 1 aromatic carbocycles. The molecule has 2 aliphatic heterocycles. The van der Waals surface area contributed by atoms with Gasteiger partial charge in [-0.05, 0) is 58.4 Å². The van der Waals surface area contributed by atoms with Crippen molar-refractivity contribution < 1.29 is 22.7 Å². The number of anilines is 1. The highest BCUT2D eigenvalue weighted by molar-refractivity contribution is 8.36. The molecule has 3 aromatic rings. The fourth-order valence-electron chi connectivity index (χ4n) is 5.71. The minimum atomic E-state index is -4.62. The van der Waals surface area contributed by atoms with E-state index in [0.29, 0.717) is 16.2 Å². The molecule has 2 aromatic heterocycles. The number of alkyl halides is 3. The van der Waals surface area contributed by atoms with Crippen LogP contribution in [0.3, 0.4) is 0 Å². The standard InChI is InChI=1S/C28H33ClF3N5O3S/c1-16-12-35(13-17(2)37(16)26(39)40-27(3,4)5)24-21-9-20(28(30,31)32)10-22-23(21)36(25(38)34-24)14-19(15-41(22)29)18-7-6-8-33-11-18/h6-11,16-17,19,41H,12-15H2,1-5H3/t16-,17+,19-/m1/s1. The first-order chi connectivity index (χ1) is 19.1. The number of benzene rings is 1. The van der Waals surface area contributed by atoms with E-state index in [2.05, 4.69) is 9.97 Å². The maximum atomic E-state index is 14.2. The molecule has 4 atom stereocenters. The van der Waals surface area contributed by atoms with Crippen LogP contribution in [0, 0.1) is 0 Å². The number of nitrogens with zero attached hydrogens (tertiary/aromatic N) is 5. The van der Waals surface area contributed by atoms with Gasteiger partial charge in [0.1, 0.15) is 11.4 Å². The zero-order valence-corrected chi connectivity index (χ0v) is 25.1. The summed E-state index contributed by atoms with van der Waals surface area (Å²) >= 11 is 0. The second-order valence-electron chi connectivity index (χ2n) is 11.7. The summed E-state index contributed by atoms with van der Waals surface area (Å²) in [5, 5.41) is 0.222. The van der Waals surface area contributed by atoms with Crippen LogP contribution in [0.4, 0.5) is 23.8 Å². The number of aromatic nitrogens is 3. The summed E-state index contributed by atoms with van der Waals surface area (Å²) in [5.41, 5.74) is -0.834. The highest BCUT2D eigenvalue weighted by Gasteiger charge is 2.39. The molecule has 41 heavy (non-hydrogen) atoms. The number of carbonyl (C=O) groups is 1. The Kier molecular flexibility index (Phi) is 7.69. The Morgan fingerprint density at radius 3 is 2.39 bits per heavy atom. The van der Waals surface area contributed by atoms with Crippen LogP contribution < -0.4 is 10.6 Å². The van der Waals surface area contributed by atoms with Gasteiger partial charge in [-0.3, -0.25) is 14.5 Å². The highest BCUT2D eigenvalue weighted by Crippen LogP contribution is 2.52. The first kappa shape index (κ1) is 29.5. The largest absolute Gasteiger partial charge is 0.444 e. The molecule has 1 amide bonds. The lowest BCUT2D eigenvalue weighted by molar-refractivity contribution is -0.137. The molecule has 0 bridgehead atoms. The molecule has 0 aliphatic carbocycles. The van der Waals surface area contributed by atoms with E-state index < -0.39 is 39.2 Å². The van der Waals surface area contributed by atoms with Crippen molar-refractivity contribution in [3.8, 4) is 0 Å². The fraction of sp³-hybridized carbons (Fsp3) is 0.500. The molecule has 4 heterocycles. The molecule has 0 radical (unpaired) electrons. The van der Waals surface area contributed by atoms with E-state index in [4.69, 9.17) is 15.4 Å². The van der Waals surface area contributed by atoms with Gasteiger partial charge in [0.2, 0.25) is 0 Å². The second kappa shape index (κ2) is 10.7. The summed E-state index contributed by atoms with van der Waals surface area (Å²) < 4.78 is 49.6. The smallest absolute Gasteiger partial charge is 0.416 e. The summed E-state index contributed by atoms with van der Waals surface area (Å²) in [6.07, 6.45) is -1.76. The maximum Gasteiger partial charge on any atom is 0.416 e. The molecule has 1 saturated heterocycles. The van der Waals surface area contributed by atoms with Crippen LogP contribution in [0.5, 0.6) is 0 Å². The van der Waals surface area contributed by atoms with Crippen molar-refractivity contribution in [1.29, 1.82) is 0 Å². The van der Waals surface area contributed by atoms with E-state index in [0.717, 1.165) is 17.7 Å². The predicted octanol–water partition coefficient (Wildman–Crippen LogP) is 5.96. The van der Waals surface area contributed by atoms with Crippen LogP contribution in [-0.4, -0.2) is 62.1 Å². The van der Waals surface area contributed by atoms with E-state index in [1.54, 1.807) is 49.0 Å². The highest BCUT2D eigenvalue weighted by atomic mass is 35.7. The van der Waals surface area contributed by atoms with Crippen molar-refractivity contribution in [3.63, 3.8) is 0 Å². The van der Waals surface area contributed by atoms with E-state index in [9.17, 15) is 22.8 Å². The minimum absolute atomic E-state index is 0.163. The first-order valence-electron chi connectivity index (χ1n) is 13.4. The van der Waals surface area contributed by atoms with Crippen molar-refractivity contribution in [2.75, 3.05) is 23.7 Å². The Morgan fingerprint density at radius 1 is 1.12 bits per heavy atom. The average molecular weight is 612 g/mol. The van der Waals surface area contributed by atoms with Gasteiger partial charge < -0.3 is 9.64 Å². The van der Waals surface area contributed by atoms with Crippen molar-refractivity contribution in [1.82, 2.24) is 19.4 Å². The third-order valence-electron chi connectivity index (χ3n) is 7.38. The third-order valence-corrected chi connectivity index (χ3v) is 9.97. The first-order valence-corrected chi connectivity index (χ1v) is 15.8. The van der Waals surface area contributed by atoms with Gasteiger partial charge in [0.25, 0.3) is 0 Å². The lowest BCUT2D eigenvalue weighted by atomic mass is 10.0. The van der Waals surface area contributed by atoms with Crippen LogP contribution in [0.1, 0.15) is 51.7 Å². The molecule has 1 unspecified atom stereocenters. The quantitative estimate of drug-likeness (QED) is 0.361. The SMILES string of the molecule is C[C@@H]1CN(c2nc(=O)n3c4c(cc(C(F)(F)F)cc24)[SH](Cl)C[C@H](c2cccnc2)C3)C[C@H](C)N1C(=O)OC(C)(C)C. The van der Waals surface area contributed by atoms with Gasteiger partial charge in [-0.2, -0.15) is 18.2 Å². The number of carbonyl (C=O) groups excluding carboxylic acids is 1. The van der Waals surface area contributed by atoms with Gasteiger partial charge in [0.15, 0.2) is 0 Å². The van der Waals surface area contributed by atoms with E-state index in [1.165, 1.54) is 4.57 Å². The zero-order chi connectivity index (χ0) is 29.9. The molecule has 1 fully saturated rings. The molecule has 222 valence electrons. The summed E-state index contributed by atoms with van der Waals surface area (Å²) in [4.78, 5) is 38.8. The molecule has 13 heteroatoms. The monoisotopic (exact) mass is 611 g/mol. The Balaban J connectivity index is 1.63. The van der Waals surface area contributed by atoms with Crippen LogP contribution in [0.2, 0.25) is 0 Å². The number of rotatable bonds is 2. The van der Waals surface area contributed by atoms with E-state index in [1.807, 2.05) is 19.9 Å². The molecule has 5 rings (SSSR count). The average Bonchev–Trinajstić information content (AvgIpc) is 3.02. The number of halogens is 4. The Bertz CT molecular complexity index is 1520. The van der Waals surface area contributed by atoms with Gasteiger partial charge in [-0.1, -0.05) is 16.7 Å².